The molecule has 0 bridgehead atoms. The van der Waals surface area contributed by atoms with E-state index in [1.54, 1.807) is 31.8 Å². The number of ether oxygens (including phenoxy) is 4. The minimum Gasteiger partial charge on any atom is -0.464 e. The molecule has 0 spiro atoms. The molecule has 1 aromatic heterocycles. The minimum absolute atomic E-state index is 0.156. The second-order valence-corrected chi connectivity index (χ2v) is 4.94. The SMILES string of the molecule is COCOc1ccc(/C=C/c2nccs2)cc1OCOC. The summed E-state index contributed by atoms with van der Waals surface area (Å²) in [6, 6.07) is 5.66. The second kappa shape index (κ2) is 8.41. The average Bonchev–Trinajstić information content (AvgIpc) is 3.03. The lowest BCUT2D eigenvalue weighted by Gasteiger charge is -2.12. The van der Waals surface area contributed by atoms with Crippen LogP contribution in [-0.4, -0.2) is 32.8 Å². The summed E-state index contributed by atoms with van der Waals surface area (Å²) in [5.74, 6) is 1.22. The van der Waals surface area contributed by atoms with E-state index in [0.717, 1.165) is 10.6 Å². The highest BCUT2D eigenvalue weighted by Gasteiger charge is 2.06. The Morgan fingerprint density at radius 3 is 2.48 bits per heavy atom. The summed E-state index contributed by atoms with van der Waals surface area (Å²) in [5, 5.41) is 2.89. The number of rotatable bonds is 8. The van der Waals surface area contributed by atoms with Crippen molar-refractivity contribution in [1.29, 1.82) is 0 Å². The van der Waals surface area contributed by atoms with Gasteiger partial charge in [-0.3, -0.25) is 0 Å². The lowest BCUT2D eigenvalue weighted by molar-refractivity contribution is 0.0322. The van der Waals surface area contributed by atoms with Gasteiger partial charge in [-0.1, -0.05) is 12.1 Å². The molecule has 0 aliphatic heterocycles. The molecule has 0 unspecified atom stereocenters. The van der Waals surface area contributed by atoms with Crippen LogP contribution in [0.2, 0.25) is 0 Å². The van der Waals surface area contributed by atoms with E-state index in [1.807, 2.05) is 35.7 Å². The van der Waals surface area contributed by atoms with Crippen molar-refractivity contribution in [2.45, 2.75) is 0 Å². The van der Waals surface area contributed by atoms with Crippen molar-refractivity contribution in [1.82, 2.24) is 4.98 Å². The Hall–Kier alpha value is -1.89. The molecule has 0 radical (unpaired) electrons. The molecule has 2 aromatic rings. The molecule has 0 aliphatic carbocycles. The lowest BCUT2D eigenvalue weighted by atomic mass is 10.2. The maximum Gasteiger partial charge on any atom is 0.188 e. The molecule has 1 aromatic carbocycles. The minimum atomic E-state index is 0.156. The fraction of sp³-hybridized carbons (Fsp3) is 0.267. The molecule has 21 heavy (non-hydrogen) atoms. The topological polar surface area (TPSA) is 49.8 Å². The summed E-state index contributed by atoms with van der Waals surface area (Å²) in [4.78, 5) is 4.20. The highest BCUT2D eigenvalue weighted by Crippen LogP contribution is 2.29. The van der Waals surface area contributed by atoms with Crippen molar-refractivity contribution in [3.63, 3.8) is 0 Å². The smallest absolute Gasteiger partial charge is 0.188 e. The van der Waals surface area contributed by atoms with Crippen LogP contribution in [0.4, 0.5) is 0 Å². The Morgan fingerprint density at radius 2 is 1.81 bits per heavy atom. The van der Waals surface area contributed by atoms with Gasteiger partial charge in [-0.15, -0.1) is 11.3 Å². The number of aromatic nitrogens is 1. The zero-order chi connectivity index (χ0) is 14.9. The molecule has 0 aliphatic rings. The Morgan fingerprint density at radius 1 is 1.05 bits per heavy atom. The Bertz CT molecular complexity index is 569. The normalized spacial score (nSPS) is 11.0. The Balaban J connectivity index is 2.15. The van der Waals surface area contributed by atoms with Crippen molar-refractivity contribution in [2.75, 3.05) is 27.8 Å². The molecular weight excluding hydrogens is 290 g/mol. The predicted octanol–water partition coefficient (Wildman–Crippen LogP) is 3.28. The summed E-state index contributed by atoms with van der Waals surface area (Å²) in [6.07, 6.45) is 5.70. The third kappa shape index (κ3) is 4.86. The molecule has 6 heteroatoms. The summed E-state index contributed by atoms with van der Waals surface area (Å²) in [5.41, 5.74) is 0.987. The van der Waals surface area contributed by atoms with Gasteiger partial charge in [-0.25, -0.2) is 4.98 Å². The van der Waals surface area contributed by atoms with Gasteiger partial charge in [0.2, 0.25) is 0 Å². The van der Waals surface area contributed by atoms with Gasteiger partial charge in [0, 0.05) is 25.8 Å². The molecule has 0 saturated carbocycles. The van der Waals surface area contributed by atoms with Crippen LogP contribution in [0.25, 0.3) is 12.2 Å². The van der Waals surface area contributed by atoms with E-state index in [0.29, 0.717) is 11.5 Å². The van der Waals surface area contributed by atoms with Crippen molar-refractivity contribution >= 4 is 23.5 Å². The molecule has 0 atom stereocenters. The average molecular weight is 307 g/mol. The van der Waals surface area contributed by atoms with Gasteiger partial charge in [0.1, 0.15) is 5.01 Å². The quantitative estimate of drug-likeness (QED) is 0.701. The van der Waals surface area contributed by atoms with Crippen molar-refractivity contribution in [3.8, 4) is 11.5 Å². The first-order valence-electron chi connectivity index (χ1n) is 6.28. The standard InChI is InChI=1S/C15H17NO4S/c1-17-10-19-13-5-3-12(9-14(13)20-11-18-2)4-6-15-16-7-8-21-15/h3-9H,10-11H2,1-2H3/b6-4+. The van der Waals surface area contributed by atoms with Crippen LogP contribution in [0.3, 0.4) is 0 Å². The summed E-state index contributed by atoms with van der Waals surface area (Å²) < 4.78 is 20.8. The molecular formula is C15H17NO4S. The van der Waals surface area contributed by atoms with Crippen LogP contribution in [-0.2, 0) is 9.47 Å². The van der Waals surface area contributed by atoms with Crippen LogP contribution in [0.15, 0.2) is 29.8 Å². The van der Waals surface area contributed by atoms with Crippen LogP contribution in [0.5, 0.6) is 11.5 Å². The van der Waals surface area contributed by atoms with Gasteiger partial charge in [-0.05, 0) is 23.8 Å². The van der Waals surface area contributed by atoms with E-state index >= 15 is 0 Å². The fourth-order valence-corrected chi connectivity index (χ4v) is 2.12. The molecule has 0 N–H and O–H groups in total. The first-order chi connectivity index (χ1) is 10.3. The summed E-state index contributed by atoms with van der Waals surface area (Å²) in [7, 11) is 3.14. The predicted molar refractivity (Wildman–Crippen MR) is 82.5 cm³/mol. The monoisotopic (exact) mass is 307 g/mol. The number of hydrogen-bond acceptors (Lipinski definition) is 6. The maximum absolute atomic E-state index is 5.51. The molecule has 5 nitrogen and oxygen atoms in total. The van der Waals surface area contributed by atoms with Gasteiger partial charge in [0.25, 0.3) is 0 Å². The van der Waals surface area contributed by atoms with Crippen LogP contribution >= 0.6 is 11.3 Å². The first-order valence-corrected chi connectivity index (χ1v) is 7.16. The molecule has 112 valence electrons. The number of nitrogens with zero attached hydrogens (tertiary/aromatic N) is 1. The zero-order valence-electron chi connectivity index (χ0n) is 11.9. The third-order valence-corrected chi connectivity index (χ3v) is 3.24. The summed E-state index contributed by atoms with van der Waals surface area (Å²) in [6.45, 7) is 0.320. The maximum atomic E-state index is 5.51. The highest BCUT2D eigenvalue weighted by molar-refractivity contribution is 7.10. The number of hydrogen-bond donors (Lipinski definition) is 0. The van der Waals surface area contributed by atoms with Gasteiger partial charge in [-0.2, -0.15) is 0 Å². The van der Waals surface area contributed by atoms with Crippen LogP contribution in [0, 0.1) is 0 Å². The number of methoxy groups -OCH3 is 2. The largest absolute Gasteiger partial charge is 0.464 e. The van der Waals surface area contributed by atoms with E-state index in [1.165, 1.54) is 0 Å². The summed E-state index contributed by atoms with van der Waals surface area (Å²) >= 11 is 1.58. The van der Waals surface area contributed by atoms with Crippen molar-refractivity contribution in [3.05, 3.63) is 40.3 Å². The first kappa shape index (κ1) is 15.5. The third-order valence-electron chi connectivity index (χ3n) is 2.50. The molecule has 2 rings (SSSR count). The molecule has 1 heterocycles. The van der Waals surface area contributed by atoms with Crippen LogP contribution < -0.4 is 9.47 Å². The van der Waals surface area contributed by atoms with Gasteiger partial charge < -0.3 is 18.9 Å². The van der Waals surface area contributed by atoms with Crippen LogP contribution in [0.1, 0.15) is 10.6 Å². The highest BCUT2D eigenvalue weighted by atomic mass is 32.1. The van der Waals surface area contributed by atoms with Gasteiger partial charge in [0.15, 0.2) is 25.1 Å². The Kier molecular flexibility index (Phi) is 6.21. The lowest BCUT2D eigenvalue weighted by Crippen LogP contribution is -2.04. The molecule has 0 saturated heterocycles. The number of thiazole rings is 1. The number of benzene rings is 1. The Labute approximate surface area is 127 Å². The van der Waals surface area contributed by atoms with Crippen molar-refractivity contribution in [2.24, 2.45) is 0 Å². The fourth-order valence-electron chi connectivity index (χ4n) is 1.59. The molecule has 0 fully saturated rings. The van der Waals surface area contributed by atoms with E-state index in [2.05, 4.69) is 4.98 Å². The zero-order valence-corrected chi connectivity index (χ0v) is 12.8. The van der Waals surface area contributed by atoms with E-state index in [-0.39, 0.29) is 13.6 Å². The second-order valence-electron chi connectivity index (χ2n) is 4.01. The van der Waals surface area contributed by atoms with Crippen molar-refractivity contribution < 1.29 is 18.9 Å². The van der Waals surface area contributed by atoms with Gasteiger partial charge >= 0.3 is 0 Å². The molecule has 0 amide bonds. The van der Waals surface area contributed by atoms with Gasteiger partial charge in [0.05, 0.1) is 0 Å². The van der Waals surface area contributed by atoms with E-state index in [9.17, 15) is 0 Å². The van der Waals surface area contributed by atoms with E-state index < -0.39 is 0 Å². The van der Waals surface area contributed by atoms with E-state index in [4.69, 9.17) is 18.9 Å².